The van der Waals surface area contributed by atoms with E-state index in [2.05, 4.69) is 10.1 Å². The average Bonchev–Trinajstić information content (AvgIpc) is 1.99. The predicted molar refractivity (Wildman–Crippen MR) is 69.6 cm³/mol. The second-order valence-electron chi connectivity index (χ2n) is 2.85. The number of ether oxygens (including phenoxy) is 1. The molecule has 8 nitrogen and oxygen atoms in total. The molecule has 0 atom stereocenters. The molecule has 0 bridgehead atoms. The molecule has 0 aromatic heterocycles. The van der Waals surface area contributed by atoms with Gasteiger partial charge in [-0.1, -0.05) is 0 Å². The van der Waals surface area contributed by atoms with Crippen molar-refractivity contribution in [3.8, 4) is 0 Å². The van der Waals surface area contributed by atoms with Gasteiger partial charge in [0.1, 0.15) is 0 Å². The van der Waals surface area contributed by atoms with Gasteiger partial charge in [0.2, 0.25) is 5.52 Å². The largest absolute Gasteiger partial charge is 0.385 e. The van der Waals surface area contributed by atoms with Gasteiger partial charge >= 0.3 is 15.2 Å². The van der Waals surface area contributed by atoms with Gasteiger partial charge in [-0.15, -0.1) is 0 Å². The summed E-state index contributed by atoms with van der Waals surface area (Å²) in [7, 11) is -8.27. The summed E-state index contributed by atoms with van der Waals surface area (Å²) in [6, 6.07) is 0. The van der Waals surface area contributed by atoms with Gasteiger partial charge in [0, 0.05) is 102 Å². The molecule has 0 aromatic rings. The zero-order valence-electron chi connectivity index (χ0n) is 11.1. The third kappa shape index (κ3) is 14.2. The van der Waals surface area contributed by atoms with Gasteiger partial charge in [-0.2, -0.15) is 0 Å². The molecule has 0 unspecified atom stereocenters. The minimum Gasteiger partial charge on any atom is -0.385 e. The Balaban J connectivity index is -0.000000327. The van der Waals surface area contributed by atoms with Crippen LogP contribution in [0.25, 0.3) is 0 Å². The Morgan fingerprint density at radius 1 is 1.06 bits per heavy atom. The zero-order valence-corrected chi connectivity index (χ0v) is 18.9. The van der Waals surface area contributed by atoms with Crippen molar-refractivity contribution in [2.24, 2.45) is 0 Å². The minimum absolute atomic E-state index is 0. The van der Waals surface area contributed by atoms with Crippen molar-refractivity contribution in [2.45, 2.75) is 11.9 Å². The van der Waals surface area contributed by atoms with E-state index in [9.17, 15) is 9.13 Å². The molecule has 3 radical (unpaired) electrons. The first-order valence-corrected chi connectivity index (χ1v) is 7.38. The fourth-order valence-corrected chi connectivity index (χ4v) is 3.18. The third-order valence-electron chi connectivity index (χ3n) is 1.49. The van der Waals surface area contributed by atoms with Crippen LogP contribution in [0.5, 0.6) is 0 Å². The molecule has 0 aliphatic carbocycles. The van der Waals surface area contributed by atoms with Crippen LogP contribution in [0.3, 0.4) is 0 Å². The monoisotopic (exact) mass is 332 g/mol. The number of methoxy groups -OCH3 is 1. The fraction of sp³-hybridized carbons (Fsp3) is 1.00. The molecular formula is C5H15NNa3O7P2. The van der Waals surface area contributed by atoms with Crippen LogP contribution in [-0.4, -0.2) is 134 Å². The van der Waals surface area contributed by atoms with E-state index in [-0.39, 0.29) is 95.2 Å². The summed E-state index contributed by atoms with van der Waals surface area (Å²) in [5, 5.41) is 2.13. The van der Waals surface area contributed by atoms with E-state index in [1.165, 1.54) is 7.11 Å². The summed E-state index contributed by atoms with van der Waals surface area (Å²) in [5.41, 5.74) is -2.14. The maximum atomic E-state index is 10.8. The van der Waals surface area contributed by atoms with Crippen molar-refractivity contribution in [2.75, 3.05) is 20.3 Å². The number of hydrogen-bond donors (Lipinski definition) is 5. The van der Waals surface area contributed by atoms with Crippen molar-refractivity contribution < 1.29 is 33.4 Å². The molecule has 0 saturated heterocycles. The fourth-order valence-electron chi connectivity index (χ4n) is 0.881. The summed E-state index contributed by atoms with van der Waals surface area (Å²) in [6.45, 7) is 0.386. The molecule has 0 amide bonds. The molecule has 0 saturated carbocycles. The van der Waals surface area contributed by atoms with Gasteiger partial charge in [-0.05, 0) is 13.0 Å². The van der Waals surface area contributed by atoms with E-state index >= 15 is 0 Å². The molecule has 95 valence electrons. The summed E-state index contributed by atoms with van der Waals surface area (Å²) in [4.78, 5) is 34.8. The van der Waals surface area contributed by atoms with Crippen LogP contribution < -0.4 is 5.32 Å². The van der Waals surface area contributed by atoms with Gasteiger partial charge in [0.25, 0.3) is 0 Å². The summed E-state index contributed by atoms with van der Waals surface area (Å²) in [6.07, 6.45) is 0.396. The Kier molecular flexibility index (Phi) is 22.5. The first-order chi connectivity index (χ1) is 6.69. The number of rotatable bonds is 7. The van der Waals surface area contributed by atoms with Crippen LogP contribution in [0.2, 0.25) is 0 Å². The van der Waals surface area contributed by atoms with Crippen LogP contribution in [-0.2, 0) is 13.9 Å². The van der Waals surface area contributed by atoms with E-state index in [1.807, 2.05) is 0 Å². The summed E-state index contributed by atoms with van der Waals surface area (Å²) in [5.74, 6) is 0. The Labute approximate surface area is 172 Å². The molecule has 0 aliphatic rings. The smallest absolute Gasteiger partial charge is 0.354 e. The second-order valence-corrected chi connectivity index (χ2v) is 6.65. The molecule has 0 aromatic carbocycles. The van der Waals surface area contributed by atoms with Crippen molar-refractivity contribution in [3.63, 3.8) is 0 Å². The Morgan fingerprint density at radius 2 is 1.44 bits per heavy atom. The first kappa shape index (κ1) is 29.3. The molecule has 0 aliphatic heterocycles. The maximum Gasteiger partial charge on any atom is 0.354 e. The van der Waals surface area contributed by atoms with Crippen molar-refractivity contribution in [1.29, 1.82) is 0 Å². The SMILES string of the molecule is COCCCNC(P(=O)(O)O)P(=O)(O)O.[Na].[Na].[Na]. The van der Waals surface area contributed by atoms with Gasteiger partial charge in [0.05, 0.1) is 0 Å². The normalized spacial score (nSPS) is 11.2. The molecule has 0 spiro atoms. The van der Waals surface area contributed by atoms with Crippen molar-refractivity contribution >= 4 is 104 Å². The topological polar surface area (TPSA) is 136 Å². The third-order valence-corrected chi connectivity index (χ3v) is 4.93. The Bertz CT molecular complexity index is 260. The van der Waals surface area contributed by atoms with Crippen LogP contribution in [0.1, 0.15) is 6.42 Å². The minimum atomic E-state index is -4.86. The van der Waals surface area contributed by atoms with Gasteiger partial charge in [0.15, 0.2) is 0 Å². The van der Waals surface area contributed by atoms with Crippen molar-refractivity contribution in [3.05, 3.63) is 0 Å². The molecule has 0 fully saturated rings. The Morgan fingerprint density at radius 3 is 1.72 bits per heavy atom. The van der Waals surface area contributed by atoms with E-state index in [0.717, 1.165) is 0 Å². The molecular weight excluding hydrogens is 317 g/mol. The zero-order chi connectivity index (χ0) is 12.1. The van der Waals surface area contributed by atoms with E-state index < -0.39 is 20.7 Å². The number of nitrogens with one attached hydrogen (secondary N) is 1. The number of hydrogen-bond acceptors (Lipinski definition) is 4. The Hall–Kier alpha value is 3.22. The van der Waals surface area contributed by atoms with Gasteiger partial charge < -0.3 is 24.3 Å². The van der Waals surface area contributed by atoms with E-state index in [1.54, 1.807) is 0 Å². The predicted octanol–water partition coefficient (Wildman–Crippen LogP) is -1.89. The first-order valence-electron chi connectivity index (χ1n) is 4.02. The molecule has 0 rings (SSSR count). The molecule has 5 N–H and O–H groups in total. The van der Waals surface area contributed by atoms with Crippen LogP contribution >= 0.6 is 15.2 Å². The van der Waals surface area contributed by atoms with Crippen molar-refractivity contribution in [1.82, 2.24) is 5.32 Å². The van der Waals surface area contributed by atoms with Crippen LogP contribution in [0.15, 0.2) is 0 Å². The average molecular weight is 332 g/mol. The molecule has 13 heteroatoms. The summed E-state index contributed by atoms with van der Waals surface area (Å²) < 4.78 is 26.2. The van der Waals surface area contributed by atoms with E-state index in [0.29, 0.717) is 13.0 Å². The summed E-state index contributed by atoms with van der Waals surface area (Å²) >= 11 is 0. The quantitative estimate of drug-likeness (QED) is 0.207. The maximum absolute atomic E-state index is 10.8. The van der Waals surface area contributed by atoms with E-state index in [4.69, 9.17) is 19.6 Å². The van der Waals surface area contributed by atoms with Crippen LogP contribution in [0, 0.1) is 0 Å². The second kappa shape index (κ2) is 13.9. The molecule has 0 heterocycles. The van der Waals surface area contributed by atoms with Gasteiger partial charge in [-0.25, -0.2) is 0 Å². The standard InChI is InChI=1S/C5H15NO7P2.3Na/c1-13-4-2-3-6-5(14(7,8)9)15(10,11)12;;;/h5-6H,2-4H2,1H3,(H2,7,8,9)(H2,10,11,12);;;. The molecule has 18 heavy (non-hydrogen) atoms. The van der Waals surface area contributed by atoms with Gasteiger partial charge in [-0.3, -0.25) is 14.4 Å². The van der Waals surface area contributed by atoms with Crippen LogP contribution in [0.4, 0.5) is 0 Å².